The highest BCUT2D eigenvalue weighted by molar-refractivity contribution is 7.95. The first-order valence-electron chi connectivity index (χ1n) is 12.3. The third-order valence-electron chi connectivity index (χ3n) is 8.04. The van der Waals surface area contributed by atoms with Crippen molar-refractivity contribution in [3.63, 3.8) is 0 Å². The average Bonchev–Trinajstić information content (AvgIpc) is 3.14. The molecule has 3 atom stereocenters. The van der Waals surface area contributed by atoms with Gasteiger partial charge in [-0.3, -0.25) is 4.79 Å². The van der Waals surface area contributed by atoms with Crippen molar-refractivity contribution in [2.75, 3.05) is 35.2 Å². The van der Waals surface area contributed by atoms with E-state index in [-0.39, 0.29) is 39.9 Å². The van der Waals surface area contributed by atoms with Gasteiger partial charge < -0.3 is 14.7 Å². The van der Waals surface area contributed by atoms with Crippen LogP contribution in [0.4, 0.5) is 17.3 Å². The lowest BCUT2D eigenvalue weighted by atomic mass is 9.87. The summed E-state index contributed by atoms with van der Waals surface area (Å²) in [6.07, 6.45) is 3.53. The number of piperazine rings is 1. The van der Waals surface area contributed by atoms with Crippen LogP contribution in [-0.4, -0.2) is 76.4 Å². The number of carbonyl (C=O) groups excluding carboxylic acids is 1. The van der Waals surface area contributed by atoms with Crippen molar-refractivity contribution in [2.24, 2.45) is 0 Å². The highest BCUT2D eigenvalue weighted by Crippen LogP contribution is 2.47. The van der Waals surface area contributed by atoms with Crippen LogP contribution in [0.1, 0.15) is 52.3 Å². The standard InChI is InChI=1S/C25H30ClN7O3S/c1-15-12-32(23(34)25(5)6-7-37(25,35)36)16(2)11-31(15)21-20-22(30-14-29-21)33(13-24(20,3)4)17-8-18(26)19(9-27)28-10-17/h8,10,14-16H,6-7,11-13H2,1-5H3/t15-,16+,25?/m0/s1. The summed E-state index contributed by atoms with van der Waals surface area (Å²) < 4.78 is 23.5. The van der Waals surface area contributed by atoms with Crippen molar-refractivity contribution < 1.29 is 13.2 Å². The monoisotopic (exact) mass is 543 g/mol. The van der Waals surface area contributed by atoms with E-state index in [9.17, 15) is 18.5 Å². The first-order valence-corrected chi connectivity index (χ1v) is 14.3. The van der Waals surface area contributed by atoms with Crippen LogP contribution in [-0.2, 0) is 20.0 Å². The Labute approximate surface area is 222 Å². The number of aromatic nitrogens is 3. The van der Waals surface area contributed by atoms with Gasteiger partial charge in [0.05, 0.1) is 22.7 Å². The quantitative estimate of drug-likeness (QED) is 0.574. The first kappa shape index (κ1) is 25.7. The van der Waals surface area contributed by atoms with Crippen LogP contribution in [0.5, 0.6) is 0 Å². The number of hydrogen-bond acceptors (Lipinski definition) is 9. The Morgan fingerprint density at radius 3 is 2.43 bits per heavy atom. The molecule has 1 unspecified atom stereocenters. The summed E-state index contributed by atoms with van der Waals surface area (Å²) in [4.78, 5) is 32.8. The number of carbonyl (C=O) groups is 1. The van der Waals surface area contributed by atoms with Crippen molar-refractivity contribution in [1.29, 1.82) is 5.26 Å². The summed E-state index contributed by atoms with van der Waals surface area (Å²) in [7, 11) is -3.40. The van der Waals surface area contributed by atoms with Gasteiger partial charge in [-0.05, 0) is 33.3 Å². The third-order valence-corrected chi connectivity index (χ3v) is 10.8. The lowest BCUT2D eigenvalue weighted by molar-refractivity contribution is -0.137. The van der Waals surface area contributed by atoms with Crippen molar-refractivity contribution in [3.05, 3.63) is 34.9 Å². The smallest absolute Gasteiger partial charge is 0.244 e. The number of halogens is 1. The highest BCUT2D eigenvalue weighted by Gasteiger charge is 2.57. The lowest BCUT2D eigenvalue weighted by Crippen LogP contribution is -2.66. The minimum Gasteiger partial charge on any atom is -0.350 e. The van der Waals surface area contributed by atoms with Gasteiger partial charge in [-0.25, -0.2) is 23.4 Å². The lowest BCUT2D eigenvalue weighted by Gasteiger charge is -2.49. The summed E-state index contributed by atoms with van der Waals surface area (Å²) in [5.41, 5.74) is 1.59. The number of rotatable bonds is 3. The van der Waals surface area contributed by atoms with E-state index >= 15 is 0 Å². The maximum atomic E-state index is 13.3. The average molecular weight is 544 g/mol. The van der Waals surface area contributed by atoms with E-state index in [0.29, 0.717) is 26.1 Å². The van der Waals surface area contributed by atoms with Crippen LogP contribution in [0.25, 0.3) is 0 Å². The third kappa shape index (κ3) is 3.84. The van der Waals surface area contributed by atoms with E-state index in [2.05, 4.69) is 28.7 Å². The molecule has 37 heavy (non-hydrogen) atoms. The molecule has 5 rings (SSSR count). The van der Waals surface area contributed by atoms with E-state index in [0.717, 1.165) is 22.9 Å². The molecule has 0 aliphatic carbocycles. The van der Waals surface area contributed by atoms with Gasteiger partial charge in [0, 0.05) is 42.7 Å². The largest absolute Gasteiger partial charge is 0.350 e. The molecule has 1 amide bonds. The Morgan fingerprint density at radius 2 is 1.84 bits per heavy atom. The van der Waals surface area contributed by atoms with Crippen molar-refractivity contribution in [2.45, 2.75) is 63.3 Å². The minimum absolute atomic E-state index is 0.0672. The second-order valence-corrected chi connectivity index (χ2v) is 14.1. The summed E-state index contributed by atoms with van der Waals surface area (Å²) in [6.45, 7) is 11.3. The van der Waals surface area contributed by atoms with Crippen LogP contribution in [0.3, 0.4) is 0 Å². The Bertz CT molecular complexity index is 1440. The summed E-state index contributed by atoms with van der Waals surface area (Å²) in [6, 6.07) is 3.44. The molecule has 196 valence electrons. The molecule has 0 N–H and O–H groups in total. The van der Waals surface area contributed by atoms with Crippen molar-refractivity contribution >= 4 is 44.7 Å². The molecular weight excluding hydrogens is 514 g/mol. The minimum atomic E-state index is -3.40. The molecule has 0 saturated carbocycles. The molecule has 0 bridgehead atoms. The van der Waals surface area contributed by atoms with E-state index in [4.69, 9.17) is 16.6 Å². The maximum Gasteiger partial charge on any atom is 0.244 e. The molecular formula is C25H30ClN7O3S. The number of amides is 1. The zero-order valence-corrected chi connectivity index (χ0v) is 23.1. The summed E-state index contributed by atoms with van der Waals surface area (Å²) in [5, 5.41) is 9.48. The van der Waals surface area contributed by atoms with Crippen LogP contribution in [0, 0.1) is 11.3 Å². The number of fused-ring (bicyclic) bond motifs is 1. The second-order valence-electron chi connectivity index (χ2n) is 11.1. The fourth-order valence-corrected chi connectivity index (χ4v) is 7.37. The number of anilines is 3. The number of sulfone groups is 1. The number of hydrogen-bond donors (Lipinski definition) is 0. The van der Waals surface area contributed by atoms with Crippen LogP contribution in [0.2, 0.25) is 5.02 Å². The van der Waals surface area contributed by atoms with E-state index < -0.39 is 14.6 Å². The van der Waals surface area contributed by atoms with Crippen molar-refractivity contribution in [3.8, 4) is 6.07 Å². The van der Waals surface area contributed by atoms with E-state index in [1.807, 2.05) is 24.8 Å². The molecule has 2 aromatic rings. The van der Waals surface area contributed by atoms with E-state index in [1.165, 1.54) is 6.33 Å². The van der Waals surface area contributed by atoms with Gasteiger partial charge in [-0.1, -0.05) is 25.4 Å². The van der Waals surface area contributed by atoms with Gasteiger partial charge in [0.2, 0.25) is 5.91 Å². The Balaban J connectivity index is 1.47. The topological polar surface area (TPSA) is 123 Å². The molecule has 12 heteroatoms. The molecule has 10 nitrogen and oxygen atoms in total. The van der Waals surface area contributed by atoms with Gasteiger partial charge in [-0.2, -0.15) is 5.26 Å². The molecule has 0 spiro atoms. The molecule has 2 aromatic heterocycles. The first-order chi connectivity index (χ1) is 17.3. The van der Waals surface area contributed by atoms with Gasteiger partial charge in [-0.15, -0.1) is 0 Å². The summed E-state index contributed by atoms with van der Waals surface area (Å²) >= 11 is 6.28. The van der Waals surface area contributed by atoms with Crippen LogP contribution >= 0.6 is 11.6 Å². The van der Waals surface area contributed by atoms with Gasteiger partial charge in [0.15, 0.2) is 15.5 Å². The predicted molar refractivity (Wildman–Crippen MR) is 141 cm³/mol. The van der Waals surface area contributed by atoms with Crippen LogP contribution < -0.4 is 9.80 Å². The van der Waals surface area contributed by atoms with Crippen LogP contribution in [0.15, 0.2) is 18.6 Å². The number of nitriles is 1. The molecule has 3 aliphatic heterocycles. The molecule has 2 fully saturated rings. The Hall–Kier alpha value is -2.97. The maximum absolute atomic E-state index is 13.3. The number of nitrogens with zero attached hydrogens (tertiary/aromatic N) is 7. The zero-order chi connectivity index (χ0) is 26.9. The Morgan fingerprint density at radius 1 is 1.14 bits per heavy atom. The number of pyridine rings is 1. The molecule has 0 radical (unpaired) electrons. The molecule has 5 heterocycles. The summed E-state index contributed by atoms with van der Waals surface area (Å²) in [5.74, 6) is 1.32. The Kier molecular flexibility index (Phi) is 5.92. The highest BCUT2D eigenvalue weighted by atomic mass is 35.5. The van der Waals surface area contributed by atoms with E-state index in [1.54, 1.807) is 24.1 Å². The van der Waals surface area contributed by atoms with Gasteiger partial charge in [0.1, 0.15) is 28.8 Å². The second kappa shape index (κ2) is 8.53. The van der Waals surface area contributed by atoms with Crippen molar-refractivity contribution in [1.82, 2.24) is 19.9 Å². The molecule has 0 aromatic carbocycles. The fraction of sp³-hybridized carbons (Fsp3) is 0.560. The predicted octanol–water partition coefficient (Wildman–Crippen LogP) is 2.83. The molecule has 2 saturated heterocycles. The van der Waals surface area contributed by atoms with Gasteiger partial charge >= 0.3 is 0 Å². The normalized spacial score (nSPS) is 27.9. The SMILES string of the molecule is C[C@@H]1CN(c2ncnc3c2C(C)(C)CN3c2cnc(C#N)c(Cl)c2)[C@@H](C)CN1C(=O)C1(C)CCS1(=O)=O. The zero-order valence-electron chi connectivity index (χ0n) is 21.6. The van der Waals surface area contributed by atoms with Gasteiger partial charge in [0.25, 0.3) is 0 Å². The molecule has 3 aliphatic rings. The fourth-order valence-electron chi connectivity index (χ4n) is 5.64.